The Balaban J connectivity index is 2.37. The molecule has 0 fully saturated rings. The van der Waals surface area contributed by atoms with Crippen molar-refractivity contribution < 1.29 is 4.79 Å². The number of rotatable bonds is 2. The van der Waals surface area contributed by atoms with Crippen LogP contribution in [0.25, 0.3) is 0 Å². The van der Waals surface area contributed by atoms with E-state index in [9.17, 15) is 4.79 Å². The van der Waals surface area contributed by atoms with Crippen LogP contribution in [-0.4, -0.2) is 16.0 Å². The molecule has 3 N–H and O–H groups in total. The third-order valence-electron chi connectivity index (χ3n) is 2.02. The minimum atomic E-state index is -0.169. The van der Waals surface area contributed by atoms with Gasteiger partial charge in [-0.15, -0.1) is 0 Å². The van der Waals surface area contributed by atoms with Gasteiger partial charge in [-0.05, 0) is 24.3 Å². The van der Waals surface area contributed by atoms with Gasteiger partial charge in [0.1, 0.15) is 0 Å². The first-order chi connectivity index (χ1) is 7.18. The van der Waals surface area contributed by atoms with E-state index in [-0.39, 0.29) is 11.6 Å². The average Bonchev–Trinajstić information content (AvgIpc) is 2.65. The van der Waals surface area contributed by atoms with E-state index in [1.165, 1.54) is 6.20 Å². The number of halogens is 1. The Morgan fingerprint density at radius 3 is 2.53 bits per heavy atom. The molecule has 0 amide bonds. The lowest BCUT2D eigenvalue weighted by molar-refractivity contribution is 0.103. The summed E-state index contributed by atoms with van der Waals surface area (Å²) in [4.78, 5) is 11.9. The van der Waals surface area contributed by atoms with Gasteiger partial charge in [-0.3, -0.25) is 9.89 Å². The molecule has 1 heterocycles. The molecule has 1 aromatic carbocycles. The number of aromatic nitrogens is 2. The highest BCUT2D eigenvalue weighted by atomic mass is 35.5. The predicted octanol–water partition coefficient (Wildman–Crippen LogP) is 1.88. The van der Waals surface area contributed by atoms with Crippen LogP contribution < -0.4 is 5.73 Å². The number of nitrogens with one attached hydrogen (secondary N) is 1. The molecule has 0 bridgehead atoms. The summed E-state index contributed by atoms with van der Waals surface area (Å²) in [6.45, 7) is 0. The van der Waals surface area contributed by atoms with Crippen molar-refractivity contribution in [1.82, 2.24) is 10.2 Å². The Bertz CT molecular complexity index is 490. The zero-order valence-corrected chi connectivity index (χ0v) is 8.45. The lowest BCUT2D eigenvalue weighted by Crippen LogP contribution is -2.03. The molecule has 2 rings (SSSR count). The van der Waals surface area contributed by atoms with Crippen molar-refractivity contribution in [3.63, 3.8) is 0 Å². The standard InChI is InChI=1S/C10H8ClN3O/c11-7-3-1-6(2-4-7)9(15)8-5-13-14-10(8)12/h1-5H,(H3,12,13,14). The number of ketones is 1. The monoisotopic (exact) mass is 221 g/mol. The summed E-state index contributed by atoms with van der Waals surface area (Å²) in [7, 11) is 0. The van der Waals surface area contributed by atoms with Crippen molar-refractivity contribution in [3.05, 3.63) is 46.6 Å². The molecule has 0 aliphatic heterocycles. The van der Waals surface area contributed by atoms with Gasteiger partial charge in [-0.1, -0.05) is 11.6 Å². The summed E-state index contributed by atoms with van der Waals surface area (Å²) in [6.07, 6.45) is 1.48. The number of nitrogen functional groups attached to an aromatic ring is 1. The van der Waals surface area contributed by atoms with Crippen LogP contribution in [0.1, 0.15) is 15.9 Å². The largest absolute Gasteiger partial charge is 0.382 e. The Hall–Kier alpha value is -1.81. The molecule has 0 atom stereocenters. The summed E-state index contributed by atoms with van der Waals surface area (Å²) in [5.74, 6) is 0.0351. The molecule has 5 heteroatoms. The van der Waals surface area contributed by atoms with E-state index >= 15 is 0 Å². The molecule has 0 aliphatic rings. The van der Waals surface area contributed by atoms with Crippen molar-refractivity contribution in [1.29, 1.82) is 0 Å². The number of H-pyrrole nitrogens is 1. The highest BCUT2D eigenvalue weighted by molar-refractivity contribution is 6.30. The molecule has 0 unspecified atom stereocenters. The Morgan fingerprint density at radius 1 is 1.33 bits per heavy atom. The SMILES string of the molecule is Nc1n[nH]cc1C(=O)c1ccc(Cl)cc1. The van der Waals surface area contributed by atoms with Crippen LogP contribution in [0.2, 0.25) is 5.02 Å². The Labute approximate surface area is 91.1 Å². The van der Waals surface area contributed by atoms with Crippen LogP contribution >= 0.6 is 11.6 Å². The number of benzene rings is 1. The number of anilines is 1. The Kier molecular flexibility index (Phi) is 2.43. The van der Waals surface area contributed by atoms with Gasteiger partial charge in [0.25, 0.3) is 0 Å². The van der Waals surface area contributed by atoms with Crippen molar-refractivity contribution in [2.45, 2.75) is 0 Å². The maximum Gasteiger partial charge on any atom is 0.198 e. The zero-order valence-electron chi connectivity index (χ0n) is 7.70. The van der Waals surface area contributed by atoms with Gasteiger partial charge < -0.3 is 5.73 Å². The number of aromatic amines is 1. The topological polar surface area (TPSA) is 71.8 Å². The predicted molar refractivity (Wildman–Crippen MR) is 57.9 cm³/mol. The number of carbonyl (C=O) groups excluding carboxylic acids is 1. The van der Waals surface area contributed by atoms with Crippen LogP contribution in [0.4, 0.5) is 5.82 Å². The molecule has 1 aromatic heterocycles. The second kappa shape index (κ2) is 3.74. The van der Waals surface area contributed by atoms with Crippen LogP contribution in [0.15, 0.2) is 30.5 Å². The van der Waals surface area contributed by atoms with E-state index in [0.717, 1.165) is 0 Å². The third kappa shape index (κ3) is 1.85. The molecule has 0 aliphatic carbocycles. The zero-order chi connectivity index (χ0) is 10.8. The van der Waals surface area contributed by atoms with Crippen LogP contribution in [-0.2, 0) is 0 Å². The van der Waals surface area contributed by atoms with E-state index in [4.69, 9.17) is 17.3 Å². The third-order valence-corrected chi connectivity index (χ3v) is 2.27. The molecule has 2 aromatic rings. The lowest BCUT2D eigenvalue weighted by Gasteiger charge is -1.98. The van der Waals surface area contributed by atoms with Crippen molar-refractivity contribution in [2.75, 3.05) is 5.73 Å². The molecular weight excluding hydrogens is 214 g/mol. The fraction of sp³-hybridized carbons (Fsp3) is 0. The van der Waals surface area contributed by atoms with Gasteiger partial charge in [-0.2, -0.15) is 5.10 Å². The van der Waals surface area contributed by atoms with Gasteiger partial charge in [0.15, 0.2) is 11.6 Å². The van der Waals surface area contributed by atoms with Gasteiger partial charge in [0.05, 0.1) is 5.56 Å². The minimum absolute atomic E-state index is 0.169. The number of nitrogens with zero attached hydrogens (tertiary/aromatic N) is 1. The number of hydrogen-bond acceptors (Lipinski definition) is 3. The molecule has 76 valence electrons. The Morgan fingerprint density at radius 2 is 2.00 bits per heavy atom. The lowest BCUT2D eigenvalue weighted by atomic mass is 10.1. The first-order valence-corrected chi connectivity index (χ1v) is 4.66. The fourth-order valence-corrected chi connectivity index (χ4v) is 1.37. The summed E-state index contributed by atoms with van der Waals surface area (Å²) < 4.78 is 0. The molecule has 0 spiro atoms. The minimum Gasteiger partial charge on any atom is -0.382 e. The van der Waals surface area contributed by atoms with E-state index in [1.54, 1.807) is 24.3 Å². The molecule has 0 radical (unpaired) electrons. The number of nitrogens with two attached hydrogens (primary N) is 1. The van der Waals surface area contributed by atoms with Crippen molar-refractivity contribution >= 4 is 23.2 Å². The second-order valence-electron chi connectivity index (χ2n) is 3.02. The van der Waals surface area contributed by atoms with E-state index in [1.807, 2.05) is 0 Å². The molecule has 4 nitrogen and oxygen atoms in total. The molecule has 0 saturated carbocycles. The number of carbonyl (C=O) groups is 1. The summed E-state index contributed by atoms with van der Waals surface area (Å²) in [5.41, 5.74) is 6.43. The summed E-state index contributed by atoms with van der Waals surface area (Å²) in [5, 5.41) is 6.81. The summed E-state index contributed by atoms with van der Waals surface area (Å²) >= 11 is 5.72. The molecule has 15 heavy (non-hydrogen) atoms. The summed E-state index contributed by atoms with van der Waals surface area (Å²) in [6, 6.07) is 6.62. The van der Waals surface area contributed by atoms with Gasteiger partial charge >= 0.3 is 0 Å². The van der Waals surface area contributed by atoms with Gasteiger partial charge in [0.2, 0.25) is 0 Å². The van der Waals surface area contributed by atoms with Crippen LogP contribution in [0.3, 0.4) is 0 Å². The highest BCUT2D eigenvalue weighted by Crippen LogP contribution is 2.16. The van der Waals surface area contributed by atoms with Gasteiger partial charge in [0, 0.05) is 16.8 Å². The first-order valence-electron chi connectivity index (χ1n) is 4.28. The van der Waals surface area contributed by atoms with Gasteiger partial charge in [-0.25, -0.2) is 0 Å². The molecular formula is C10H8ClN3O. The normalized spacial score (nSPS) is 10.2. The van der Waals surface area contributed by atoms with Crippen LogP contribution in [0.5, 0.6) is 0 Å². The maximum absolute atomic E-state index is 11.9. The van der Waals surface area contributed by atoms with Crippen LogP contribution in [0, 0.1) is 0 Å². The first kappa shape index (κ1) is 9.73. The van der Waals surface area contributed by atoms with E-state index in [0.29, 0.717) is 16.1 Å². The van der Waals surface area contributed by atoms with Crippen molar-refractivity contribution in [3.8, 4) is 0 Å². The van der Waals surface area contributed by atoms with Crippen molar-refractivity contribution in [2.24, 2.45) is 0 Å². The second-order valence-corrected chi connectivity index (χ2v) is 3.46. The van der Waals surface area contributed by atoms with E-state index < -0.39 is 0 Å². The number of hydrogen-bond donors (Lipinski definition) is 2. The highest BCUT2D eigenvalue weighted by Gasteiger charge is 2.13. The molecule has 0 saturated heterocycles. The smallest absolute Gasteiger partial charge is 0.198 e. The van der Waals surface area contributed by atoms with E-state index in [2.05, 4.69) is 10.2 Å². The quantitative estimate of drug-likeness (QED) is 0.761. The average molecular weight is 222 g/mol. The fourth-order valence-electron chi connectivity index (χ4n) is 1.24. The maximum atomic E-state index is 11.9.